The number of carbonyl (C=O) groups excluding carboxylic acids is 1. The van der Waals surface area contributed by atoms with Crippen LogP contribution < -0.4 is 0 Å². The van der Waals surface area contributed by atoms with Crippen LogP contribution in [0.2, 0.25) is 0 Å². The number of hydrogen-bond donors (Lipinski definition) is 2. The zero-order chi connectivity index (χ0) is 15.0. The van der Waals surface area contributed by atoms with Gasteiger partial charge in [0.1, 0.15) is 0 Å². The number of aromatic amines is 1. The molecular weight excluding hydrogens is 268 g/mol. The summed E-state index contributed by atoms with van der Waals surface area (Å²) in [4.78, 5) is 28.5. The van der Waals surface area contributed by atoms with Gasteiger partial charge in [-0.25, -0.2) is 0 Å². The molecule has 3 rings (SSSR count). The highest BCUT2D eigenvalue weighted by Gasteiger charge is 2.30. The van der Waals surface area contributed by atoms with Crippen LogP contribution in [0.15, 0.2) is 24.3 Å². The smallest absolute Gasteiger partial charge is 0.303 e. The highest BCUT2D eigenvalue weighted by Crippen LogP contribution is 2.27. The lowest BCUT2D eigenvalue weighted by molar-refractivity contribution is -0.138. The number of amides is 1. The van der Waals surface area contributed by atoms with Gasteiger partial charge in [-0.05, 0) is 25.3 Å². The summed E-state index contributed by atoms with van der Waals surface area (Å²) in [5.41, 5.74) is 2.53. The molecular formula is C16H18N2O3. The predicted molar refractivity (Wildman–Crippen MR) is 79.3 cm³/mol. The van der Waals surface area contributed by atoms with E-state index in [1.54, 1.807) is 4.90 Å². The Morgan fingerprint density at radius 2 is 2.14 bits per heavy atom. The summed E-state index contributed by atoms with van der Waals surface area (Å²) in [6.45, 7) is 3.07. The van der Waals surface area contributed by atoms with Gasteiger partial charge in [-0.3, -0.25) is 9.59 Å². The minimum absolute atomic E-state index is 0.00200. The van der Waals surface area contributed by atoms with Crippen molar-refractivity contribution in [3.63, 3.8) is 0 Å². The van der Waals surface area contributed by atoms with E-state index in [0.717, 1.165) is 23.0 Å². The molecule has 2 heterocycles. The molecule has 0 spiro atoms. The number of para-hydroxylation sites is 1. The van der Waals surface area contributed by atoms with Crippen LogP contribution in [0.4, 0.5) is 0 Å². The van der Waals surface area contributed by atoms with Gasteiger partial charge in [0, 0.05) is 36.1 Å². The number of carbonyl (C=O) groups is 2. The molecule has 110 valence electrons. The maximum absolute atomic E-state index is 12.7. The molecule has 1 atom stereocenters. The van der Waals surface area contributed by atoms with Gasteiger partial charge < -0.3 is 15.0 Å². The van der Waals surface area contributed by atoms with Crippen molar-refractivity contribution in [2.75, 3.05) is 13.1 Å². The molecule has 21 heavy (non-hydrogen) atoms. The number of aromatic nitrogens is 1. The molecule has 0 radical (unpaired) electrons. The van der Waals surface area contributed by atoms with Gasteiger partial charge in [0.2, 0.25) is 0 Å². The third kappa shape index (κ3) is 2.51. The number of carboxylic acid groups (broad SMARTS) is 1. The van der Waals surface area contributed by atoms with Gasteiger partial charge in [-0.2, -0.15) is 0 Å². The summed E-state index contributed by atoms with van der Waals surface area (Å²) in [7, 11) is 0. The molecule has 2 N–H and O–H groups in total. The second kappa shape index (κ2) is 5.24. The maximum atomic E-state index is 12.7. The summed E-state index contributed by atoms with van der Waals surface area (Å²) in [6.07, 6.45) is 0.899. The average molecular weight is 286 g/mol. The average Bonchev–Trinajstić information content (AvgIpc) is 3.00. The molecule has 1 saturated heterocycles. The summed E-state index contributed by atoms with van der Waals surface area (Å²) < 4.78 is 0. The van der Waals surface area contributed by atoms with E-state index < -0.39 is 5.97 Å². The van der Waals surface area contributed by atoms with E-state index in [4.69, 9.17) is 5.11 Å². The largest absolute Gasteiger partial charge is 0.481 e. The fourth-order valence-electron chi connectivity index (χ4n) is 3.14. The van der Waals surface area contributed by atoms with Crippen molar-refractivity contribution < 1.29 is 14.7 Å². The van der Waals surface area contributed by atoms with E-state index in [-0.39, 0.29) is 18.2 Å². The zero-order valence-corrected chi connectivity index (χ0v) is 11.9. The Hall–Kier alpha value is -2.30. The van der Waals surface area contributed by atoms with Gasteiger partial charge in [-0.15, -0.1) is 0 Å². The first-order chi connectivity index (χ1) is 10.1. The lowest BCUT2D eigenvalue weighted by Crippen LogP contribution is -2.29. The van der Waals surface area contributed by atoms with Crippen LogP contribution in [0.25, 0.3) is 10.9 Å². The fourth-order valence-corrected chi connectivity index (χ4v) is 3.14. The molecule has 0 aliphatic carbocycles. The van der Waals surface area contributed by atoms with Crippen molar-refractivity contribution in [3.05, 3.63) is 35.5 Å². The van der Waals surface area contributed by atoms with E-state index in [2.05, 4.69) is 4.98 Å². The lowest BCUT2D eigenvalue weighted by atomic mass is 10.1. The molecule has 1 amide bonds. The Balaban J connectivity index is 1.85. The number of hydrogen-bond acceptors (Lipinski definition) is 2. The number of benzene rings is 1. The molecule has 1 fully saturated rings. The van der Waals surface area contributed by atoms with Crippen molar-refractivity contribution in [2.24, 2.45) is 5.92 Å². The third-order valence-corrected chi connectivity index (χ3v) is 4.14. The summed E-state index contributed by atoms with van der Waals surface area (Å²) in [5.74, 6) is -0.729. The first-order valence-electron chi connectivity index (χ1n) is 7.14. The second-order valence-electron chi connectivity index (χ2n) is 5.67. The standard InChI is InChI=1S/C16H18N2O3/c1-10-15(12-4-2-3-5-13(12)17-10)16(21)18-7-6-11(9-18)8-14(19)20/h2-5,11,17H,6-9H2,1H3,(H,19,20). The van der Waals surface area contributed by atoms with Crippen LogP contribution in [0.3, 0.4) is 0 Å². The van der Waals surface area contributed by atoms with Gasteiger partial charge in [-0.1, -0.05) is 18.2 Å². The minimum atomic E-state index is -0.794. The summed E-state index contributed by atoms with van der Waals surface area (Å²) in [6, 6.07) is 7.75. The zero-order valence-electron chi connectivity index (χ0n) is 11.9. The van der Waals surface area contributed by atoms with Gasteiger partial charge in [0.05, 0.1) is 5.56 Å². The van der Waals surface area contributed by atoms with E-state index >= 15 is 0 Å². The Morgan fingerprint density at radius 1 is 1.38 bits per heavy atom. The third-order valence-electron chi connectivity index (χ3n) is 4.14. The number of carboxylic acids is 1. The van der Waals surface area contributed by atoms with Gasteiger partial charge >= 0.3 is 5.97 Å². The number of nitrogens with zero attached hydrogens (tertiary/aromatic N) is 1. The molecule has 5 heteroatoms. The number of likely N-dealkylation sites (tertiary alicyclic amines) is 1. The second-order valence-corrected chi connectivity index (χ2v) is 5.67. The SMILES string of the molecule is Cc1[nH]c2ccccc2c1C(=O)N1CCC(CC(=O)O)C1. The molecule has 5 nitrogen and oxygen atoms in total. The number of H-pyrrole nitrogens is 1. The van der Waals surface area contributed by atoms with Crippen LogP contribution in [0.5, 0.6) is 0 Å². The molecule has 0 bridgehead atoms. The minimum Gasteiger partial charge on any atom is -0.481 e. The number of fused-ring (bicyclic) bond motifs is 1. The Labute approximate surface area is 122 Å². The van der Waals surface area contributed by atoms with Crippen LogP contribution in [-0.2, 0) is 4.79 Å². The van der Waals surface area contributed by atoms with Crippen LogP contribution in [0, 0.1) is 12.8 Å². The topological polar surface area (TPSA) is 73.4 Å². The number of aryl methyl sites for hydroxylation is 1. The molecule has 1 aliphatic heterocycles. The van der Waals surface area contributed by atoms with Crippen molar-refractivity contribution in [3.8, 4) is 0 Å². The lowest BCUT2D eigenvalue weighted by Gasteiger charge is -2.16. The number of aliphatic carboxylic acids is 1. The van der Waals surface area contributed by atoms with E-state index in [9.17, 15) is 9.59 Å². The van der Waals surface area contributed by atoms with E-state index in [0.29, 0.717) is 18.7 Å². The normalized spacial score (nSPS) is 18.3. The Bertz CT molecular complexity index is 705. The van der Waals surface area contributed by atoms with Crippen molar-refractivity contribution in [1.82, 2.24) is 9.88 Å². The van der Waals surface area contributed by atoms with Crippen molar-refractivity contribution in [2.45, 2.75) is 19.8 Å². The van der Waals surface area contributed by atoms with Crippen LogP contribution in [-0.4, -0.2) is 40.0 Å². The molecule has 1 unspecified atom stereocenters. The highest BCUT2D eigenvalue weighted by atomic mass is 16.4. The van der Waals surface area contributed by atoms with Crippen LogP contribution in [0.1, 0.15) is 28.9 Å². The Kier molecular flexibility index (Phi) is 3.41. The Morgan fingerprint density at radius 3 is 2.90 bits per heavy atom. The first-order valence-corrected chi connectivity index (χ1v) is 7.14. The number of rotatable bonds is 3. The summed E-state index contributed by atoms with van der Waals surface area (Å²) >= 11 is 0. The molecule has 1 aliphatic rings. The van der Waals surface area contributed by atoms with Gasteiger partial charge in [0.25, 0.3) is 5.91 Å². The molecule has 1 aromatic heterocycles. The van der Waals surface area contributed by atoms with Crippen LogP contribution >= 0.6 is 0 Å². The monoisotopic (exact) mass is 286 g/mol. The first kappa shape index (κ1) is 13.7. The molecule has 1 aromatic carbocycles. The molecule has 0 saturated carbocycles. The van der Waals surface area contributed by atoms with E-state index in [1.807, 2.05) is 31.2 Å². The van der Waals surface area contributed by atoms with Gasteiger partial charge in [0.15, 0.2) is 0 Å². The summed E-state index contributed by atoms with van der Waals surface area (Å²) in [5, 5.41) is 9.79. The highest BCUT2D eigenvalue weighted by molar-refractivity contribution is 6.08. The predicted octanol–water partition coefficient (Wildman–Crippen LogP) is 2.41. The molecule has 2 aromatic rings. The maximum Gasteiger partial charge on any atom is 0.303 e. The quantitative estimate of drug-likeness (QED) is 0.910. The van der Waals surface area contributed by atoms with Crippen molar-refractivity contribution >= 4 is 22.8 Å². The number of nitrogens with one attached hydrogen (secondary N) is 1. The van der Waals surface area contributed by atoms with Crippen molar-refractivity contribution in [1.29, 1.82) is 0 Å². The fraction of sp³-hybridized carbons (Fsp3) is 0.375. The van der Waals surface area contributed by atoms with E-state index in [1.165, 1.54) is 0 Å².